The van der Waals surface area contributed by atoms with Crippen molar-refractivity contribution in [2.45, 2.75) is 31.2 Å². The second-order valence-electron chi connectivity index (χ2n) is 3.51. The highest BCUT2D eigenvalue weighted by Gasteiger charge is 2.49. The number of rotatable bonds is 0. The molecule has 0 radical (unpaired) electrons. The minimum Gasteiger partial charge on any atom is -0.376 e. The molecule has 0 aromatic rings. The Balaban J connectivity index is 2.23. The van der Waals surface area contributed by atoms with Crippen LogP contribution in [0.25, 0.3) is 0 Å². The maximum Gasteiger partial charge on any atom is 0.415 e. The molecule has 1 heterocycles. The summed E-state index contributed by atoms with van der Waals surface area (Å²) in [5.74, 6) is -2.15. The first-order chi connectivity index (χ1) is 6.59. The number of nitrogens with one attached hydrogen (secondary N) is 1. The maximum absolute atomic E-state index is 13.3. The number of alkyl halides is 2. The minimum absolute atomic E-state index is 0.00664. The average molecular weight is 205 g/mol. The van der Waals surface area contributed by atoms with Crippen LogP contribution >= 0.6 is 0 Å². The number of cyclic esters (lactones) is 2. The van der Waals surface area contributed by atoms with Gasteiger partial charge in [-0.1, -0.05) is 0 Å². The average Bonchev–Trinajstić information content (AvgIpc) is 2.10. The first kappa shape index (κ1) is 9.36. The first-order valence-corrected chi connectivity index (χ1v) is 4.40. The summed E-state index contributed by atoms with van der Waals surface area (Å²) in [6.07, 6.45) is -3.78. The van der Waals surface area contributed by atoms with E-state index >= 15 is 0 Å². The third-order valence-corrected chi connectivity index (χ3v) is 2.63. The fraction of sp³-hybridized carbons (Fsp3) is 0.750. The van der Waals surface area contributed by atoms with Gasteiger partial charge in [0.1, 0.15) is 18.3 Å². The van der Waals surface area contributed by atoms with Crippen molar-refractivity contribution in [3.8, 4) is 0 Å². The number of hydrogen-bond acceptors (Lipinski definition) is 3. The summed E-state index contributed by atoms with van der Waals surface area (Å²) in [6, 6.07) is -1.06. The zero-order valence-corrected chi connectivity index (χ0v) is 7.20. The zero-order chi connectivity index (χ0) is 10.3. The number of carbonyl (C=O) groups is 2. The van der Waals surface area contributed by atoms with Gasteiger partial charge in [0, 0.05) is 0 Å². The van der Waals surface area contributed by atoms with Crippen molar-refractivity contribution in [2.75, 3.05) is 0 Å². The molecule has 14 heavy (non-hydrogen) atoms. The number of carbonyl (C=O) groups excluding carboxylic acids is 2. The van der Waals surface area contributed by atoms with E-state index in [1.54, 1.807) is 0 Å². The summed E-state index contributed by atoms with van der Waals surface area (Å²) in [7, 11) is 0. The molecule has 4 unspecified atom stereocenters. The number of halogens is 2. The van der Waals surface area contributed by atoms with E-state index in [0.29, 0.717) is 0 Å². The predicted molar refractivity (Wildman–Crippen MR) is 40.9 cm³/mol. The number of fused-ring (bicyclic) bond motifs is 1. The molecule has 0 aromatic carbocycles. The normalized spacial score (nSPS) is 42.4. The second kappa shape index (κ2) is 3.18. The predicted octanol–water partition coefficient (Wildman–Crippen LogP) is 0.708. The van der Waals surface area contributed by atoms with Crippen molar-refractivity contribution in [3.05, 3.63) is 0 Å². The maximum atomic E-state index is 13.3. The van der Waals surface area contributed by atoms with Crippen LogP contribution in [0.15, 0.2) is 0 Å². The summed E-state index contributed by atoms with van der Waals surface area (Å²) in [5.41, 5.74) is 0. The lowest BCUT2D eigenvalue weighted by atomic mass is 9.81. The lowest BCUT2D eigenvalue weighted by molar-refractivity contribution is -0.152. The van der Waals surface area contributed by atoms with Gasteiger partial charge in [0.25, 0.3) is 0 Å². The topological polar surface area (TPSA) is 55.4 Å². The molecule has 1 saturated heterocycles. The van der Waals surface area contributed by atoms with E-state index in [1.807, 2.05) is 0 Å². The van der Waals surface area contributed by atoms with E-state index in [1.165, 1.54) is 0 Å². The monoisotopic (exact) mass is 205 g/mol. The molecule has 1 amide bonds. The van der Waals surface area contributed by atoms with Gasteiger partial charge in [-0.25, -0.2) is 13.6 Å². The van der Waals surface area contributed by atoms with Crippen molar-refractivity contribution in [1.29, 1.82) is 0 Å². The zero-order valence-electron chi connectivity index (χ0n) is 7.20. The van der Waals surface area contributed by atoms with Crippen LogP contribution in [0.5, 0.6) is 0 Å². The van der Waals surface area contributed by atoms with Crippen LogP contribution in [-0.2, 0) is 9.53 Å². The molecule has 6 heteroatoms. The molecule has 1 aliphatic carbocycles. The Bertz CT molecular complexity index is 284. The van der Waals surface area contributed by atoms with Crippen LogP contribution in [-0.4, -0.2) is 30.4 Å². The van der Waals surface area contributed by atoms with E-state index in [2.05, 4.69) is 10.1 Å². The van der Waals surface area contributed by atoms with Gasteiger partial charge >= 0.3 is 12.1 Å². The van der Waals surface area contributed by atoms with Crippen molar-refractivity contribution in [1.82, 2.24) is 5.32 Å². The molecule has 2 fully saturated rings. The molecule has 0 spiro atoms. The van der Waals surface area contributed by atoms with E-state index < -0.39 is 36.4 Å². The molecule has 4 nitrogen and oxygen atoms in total. The van der Waals surface area contributed by atoms with Crippen molar-refractivity contribution in [3.63, 3.8) is 0 Å². The molecule has 2 rings (SSSR count). The van der Waals surface area contributed by atoms with Gasteiger partial charge in [0.15, 0.2) is 0 Å². The van der Waals surface area contributed by atoms with Crippen LogP contribution in [0.1, 0.15) is 12.8 Å². The number of amides is 1. The molecule has 2 aliphatic rings. The Morgan fingerprint density at radius 3 is 2.57 bits per heavy atom. The van der Waals surface area contributed by atoms with Crippen molar-refractivity contribution >= 4 is 12.1 Å². The largest absolute Gasteiger partial charge is 0.415 e. The fourth-order valence-electron chi connectivity index (χ4n) is 1.93. The van der Waals surface area contributed by atoms with Crippen LogP contribution in [0, 0.1) is 5.92 Å². The third kappa shape index (κ3) is 1.34. The molecule has 4 atom stereocenters. The molecule has 0 bridgehead atoms. The van der Waals surface area contributed by atoms with Gasteiger partial charge in [-0.05, 0) is 12.8 Å². The molecule has 0 aromatic heterocycles. The SMILES string of the molecule is O=C1NC2C(F)CCC(F)C2C(=O)O1. The molecule has 78 valence electrons. The summed E-state index contributed by atoms with van der Waals surface area (Å²) in [5, 5.41) is 2.13. The Hall–Kier alpha value is -1.20. The fourth-order valence-corrected chi connectivity index (χ4v) is 1.93. The van der Waals surface area contributed by atoms with E-state index in [0.717, 1.165) is 0 Å². The first-order valence-electron chi connectivity index (χ1n) is 4.40. The Kier molecular flexibility index (Phi) is 2.13. The van der Waals surface area contributed by atoms with E-state index in [9.17, 15) is 18.4 Å². The van der Waals surface area contributed by atoms with Crippen molar-refractivity contribution in [2.24, 2.45) is 5.92 Å². The van der Waals surface area contributed by atoms with E-state index in [4.69, 9.17) is 0 Å². The Morgan fingerprint density at radius 1 is 1.21 bits per heavy atom. The smallest absolute Gasteiger partial charge is 0.376 e. The number of esters is 1. The highest BCUT2D eigenvalue weighted by molar-refractivity contribution is 5.90. The highest BCUT2D eigenvalue weighted by atomic mass is 19.1. The lowest BCUT2D eigenvalue weighted by Gasteiger charge is -2.37. The summed E-state index contributed by atoms with van der Waals surface area (Å²) >= 11 is 0. The summed E-state index contributed by atoms with van der Waals surface area (Å²) in [6.45, 7) is 0. The number of alkyl carbamates (subject to hydrolysis) is 1. The molecule has 1 N–H and O–H groups in total. The van der Waals surface area contributed by atoms with Gasteiger partial charge in [-0.15, -0.1) is 0 Å². The Labute approximate surface area is 78.6 Å². The summed E-state index contributed by atoms with van der Waals surface area (Å²) < 4.78 is 30.7. The molecular formula is C8H9F2NO3. The molecular weight excluding hydrogens is 196 g/mol. The standard InChI is InChI=1S/C8H9F2NO3/c9-3-1-2-4(10)6-5(3)7(12)14-8(13)11-6/h3-6H,1-2H2,(H,11,13). The summed E-state index contributed by atoms with van der Waals surface area (Å²) in [4.78, 5) is 21.8. The van der Waals surface area contributed by atoms with Gasteiger partial charge < -0.3 is 10.1 Å². The van der Waals surface area contributed by atoms with Crippen LogP contribution < -0.4 is 5.32 Å². The highest BCUT2D eigenvalue weighted by Crippen LogP contribution is 2.32. The minimum atomic E-state index is -1.43. The lowest BCUT2D eigenvalue weighted by Crippen LogP contribution is -2.60. The van der Waals surface area contributed by atoms with Gasteiger partial charge in [-0.2, -0.15) is 0 Å². The van der Waals surface area contributed by atoms with Crippen LogP contribution in [0.2, 0.25) is 0 Å². The Morgan fingerprint density at radius 2 is 1.86 bits per heavy atom. The second-order valence-corrected chi connectivity index (χ2v) is 3.51. The van der Waals surface area contributed by atoms with Gasteiger partial charge in [0.05, 0.1) is 6.04 Å². The van der Waals surface area contributed by atoms with Crippen LogP contribution in [0.3, 0.4) is 0 Å². The number of hydrogen-bond donors (Lipinski definition) is 1. The van der Waals surface area contributed by atoms with Gasteiger partial charge in [-0.3, -0.25) is 4.79 Å². The molecule has 1 saturated carbocycles. The van der Waals surface area contributed by atoms with E-state index in [-0.39, 0.29) is 12.8 Å². The van der Waals surface area contributed by atoms with Crippen LogP contribution in [0.4, 0.5) is 13.6 Å². The molecule has 1 aliphatic heterocycles. The third-order valence-electron chi connectivity index (χ3n) is 2.63. The van der Waals surface area contributed by atoms with Gasteiger partial charge in [0.2, 0.25) is 0 Å². The van der Waals surface area contributed by atoms with Crippen molar-refractivity contribution < 1.29 is 23.1 Å². The quantitative estimate of drug-likeness (QED) is 0.468. The number of ether oxygens (including phenoxy) is 1.